The van der Waals surface area contributed by atoms with Gasteiger partial charge in [-0.15, -0.1) is 11.3 Å². The average molecular weight is 374 g/mol. The number of amides is 2. The third-order valence-electron chi connectivity index (χ3n) is 3.60. The standard InChI is InChI=1S/C19H22N2O4S/c1-12(2)17(21-19(24)20-14-7-5-4-6-8-14)18(23)25-11-15(22)16-10-9-13(3)26-16/h4-10,12,17H,11H2,1-3H3,(H2,20,21,24)/t17-/m1/s1. The van der Waals surface area contributed by atoms with Gasteiger partial charge in [-0.3, -0.25) is 4.79 Å². The van der Waals surface area contributed by atoms with Crippen molar-refractivity contribution in [2.75, 3.05) is 11.9 Å². The number of urea groups is 1. The Kier molecular flexibility index (Phi) is 6.91. The lowest BCUT2D eigenvalue weighted by Gasteiger charge is -2.21. The minimum Gasteiger partial charge on any atom is -0.456 e. The normalized spacial score (nSPS) is 11.7. The summed E-state index contributed by atoms with van der Waals surface area (Å²) in [6, 6.07) is 11.1. The highest BCUT2D eigenvalue weighted by molar-refractivity contribution is 7.14. The fourth-order valence-corrected chi connectivity index (χ4v) is 3.00. The molecule has 1 aromatic heterocycles. The zero-order valence-electron chi connectivity index (χ0n) is 14.9. The van der Waals surface area contributed by atoms with Gasteiger partial charge in [0.1, 0.15) is 6.04 Å². The minimum atomic E-state index is -0.850. The van der Waals surface area contributed by atoms with Gasteiger partial charge in [-0.1, -0.05) is 32.0 Å². The van der Waals surface area contributed by atoms with Gasteiger partial charge < -0.3 is 15.4 Å². The monoisotopic (exact) mass is 374 g/mol. The summed E-state index contributed by atoms with van der Waals surface area (Å²) in [5, 5.41) is 5.25. The smallest absolute Gasteiger partial charge is 0.329 e. The largest absolute Gasteiger partial charge is 0.456 e. The number of carbonyl (C=O) groups is 3. The van der Waals surface area contributed by atoms with E-state index in [2.05, 4.69) is 10.6 Å². The van der Waals surface area contributed by atoms with E-state index in [9.17, 15) is 14.4 Å². The number of anilines is 1. The Morgan fingerprint density at radius 3 is 2.35 bits per heavy atom. The summed E-state index contributed by atoms with van der Waals surface area (Å²) >= 11 is 1.35. The second-order valence-corrected chi connectivity index (χ2v) is 7.42. The lowest BCUT2D eigenvalue weighted by Crippen LogP contribution is -2.47. The molecule has 6 nitrogen and oxygen atoms in total. The Morgan fingerprint density at radius 2 is 1.77 bits per heavy atom. The van der Waals surface area contributed by atoms with Gasteiger partial charge in [0.05, 0.1) is 4.88 Å². The van der Waals surface area contributed by atoms with Crippen LogP contribution in [0.3, 0.4) is 0 Å². The van der Waals surface area contributed by atoms with Crippen molar-refractivity contribution in [2.45, 2.75) is 26.8 Å². The molecule has 2 aromatic rings. The second kappa shape index (κ2) is 9.15. The number of thiophene rings is 1. The molecular formula is C19H22N2O4S. The molecule has 26 heavy (non-hydrogen) atoms. The molecule has 138 valence electrons. The highest BCUT2D eigenvalue weighted by atomic mass is 32.1. The molecule has 2 amide bonds. The Balaban J connectivity index is 1.90. The number of esters is 1. The van der Waals surface area contributed by atoms with Crippen molar-refractivity contribution in [1.82, 2.24) is 5.32 Å². The Hall–Kier alpha value is -2.67. The van der Waals surface area contributed by atoms with E-state index in [1.165, 1.54) is 11.3 Å². The van der Waals surface area contributed by atoms with E-state index in [4.69, 9.17) is 4.74 Å². The number of benzene rings is 1. The molecule has 1 aromatic carbocycles. The summed E-state index contributed by atoms with van der Waals surface area (Å²) in [5.41, 5.74) is 0.615. The maximum Gasteiger partial charge on any atom is 0.329 e. The molecule has 0 saturated carbocycles. The van der Waals surface area contributed by atoms with Crippen molar-refractivity contribution in [3.8, 4) is 0 Å². The van der Waals surface area contributed by atoms with Crippen LogP contribution in [0.1, 0.15) is 28.4 Å². The summed E-state index contributed by atoms with van der Waals surface area (Å²) in [6.07, 6.45) is 0. The van der Waals surface area contributed by atoms with Gasteiger partial charge in [0.2, 0.25) is 5.78 Å². The maximum absolute atomic E-state index is 12.3. The number of carbonyl (C=O) groups excluding carboxylic acids is 3. The van der Waals surface area contributed by atoms with Crippen LogP contribution in [-0.4, -0.2) is 30.4 Å². The number of ether oxygens (including phenoxy) is 1. The molecule has 2 N–H and O–H groups in total. The number of Topliss-reactive ketones (excluding diaryl/α,β-unsaturated/α-hetero) is 1. The highest BCUT2D eigenvalue weighted by Gasteiger charge is 2.26. The van der Waals surface area contributed by atoms with Crippen molar-refractivity contribution >= 4 is 34.8 Å². The van der Waals surface area contributed by atoms with Crippen molar-refractivity contribution in [3.63, 3.8) is 0 Å². The van der Waals surface area contributed by atoms with Crippen LogP contribution in [0, 0.1) is 12.8 Å². The minimum absolute atomic E-state index is 0.192. The van der Waals surface area contributed by atoms with Crippen molar-refractivity contribution in [3.05, 3.63) is 52.2 Å². The Morgan fingerprint density at radius 1 is 1.08 bits per heavy atom. The molecule has 0 spiro atoms. The van der Waals surface area contributed by atoms with Gasteiger partial charge in [0.25, 0.3) is 0 Å². The Bertz CT molecular complexity index is 771. The lowest BCUT2D eigenvalue weighted by atomic mass is 10.1. The molecule has 2 rings (SSSR count). The zero-order chi connectivity index (χ0) is 19.1. The number of nitrogens with one attached hydrogen (secondary N) is 2. The van der Waals surface area contributed by atoms with Gasteiger partial charge in [0.15, 0.2) is 6.61 Å². The van der Waals surface area contributed by atoms with Crippen LogP contribution in [0.25, 0.3) is 0 Å². The third-order valence-corrected chi connectivity index (χ3v) is 4.64. The maximum atomic E-state index is 12.3. The molecule has 1 heterocycles. The van der Waals surface area contributed by atoms with Gasteiger partial charge in [-0.25, -0.2) is 9.59 Å². The number of para-hydroxylation sites is 1. The molecule has 0 saturated heterocycles. The van der Waals surface area contributed by atoms with Crippen LogP contribution < -0.4 is 10.6 Å². The fraction of sp³-hybridized carbons (Fsp3) is 0.316. The van der Waals surface area contributed by atoms with Gasteiger partial charge in [0, 0.05) is 10.6 Å². The Labute approximate surface area is 156 Å². The second-order valence-electron chi connectivity index (χ2n) is 6.13. The van der Waals surface area contributed by atoms with E-state index >= 15 is 0 Å². The van der Waals surface area contributed by atoms with Crippen LogP contribution in [0.15, 0.2) is 42.5 Å². The summed E-state index contributed by atoms with van der Waals surface area (Å²) in [4.78, 5) is 38.0. The van der Waals surface area contributed by atoms with Crippen LogP contribution in [0.2, 0.25) is 0 Å². The van der Waals surface area contributed by atoms with Gasteiger partial charge >= 0.3 is 12.0 Å². The van der Waals surface area contributed by atoms with Gasteiger partial charge in [-0.2, -0.15) is 0 Å². The van der Waals surface area contributed by atoms with E-state index in [1.807, 2.05) is 19.1 Å². The first-order chi connectivity index (χ1) is 12.4. The quantitative estimate of drug-likeness (QED) is 0.572. The highest BCUT2D eigenvalue weighted by Crippen LogP contribution is 2.16. The zero-order valence-corrected chi connectivity index (χ0v) is 15.8. The van der Waals surface area contributed by atoms with Gasteiger partial charge in [-0.05, 0) is 37.1 Å². The number of rotatable bonds is 7. The lowest BCUT2D eigenvalue weighted by molar-refractivity contribution is -0.145. The van der Waals surface area contributed by atoms with E-state index in [1.54, 1.807) is 44.2 Å². The first-order valence-corrected chi connectivity index (χ1v) is 9.07. The molecule has 0 bridgehead atoms. The van der Waals surface area contributed by atoms with E-state index in [-0.39, 0.29) is 18.3 Å². The third kappa shape index (κ3) is 5.70. The predicted octanol–water partition coefficient (Wildman–Crippen LogP) is 3.63. The van der Waals surface area contributed by atoms with Crippen molar-refractivity contribution in [2.24, 2.45) is 5.92 Å². The molecular weight excluding hydrogens is 352 g/mol. The molecule has 0 aliphatic carbocycles. The molecule has 7 heteroatoms. The van der Waals surface area contributed by atoms with E-state index < -0.39 is 18.0 Å². The SMILES string of the molecule is Cc1ccc(C(=O)COC(=O)[C@H](NC(=O)Nc2ccccc2)C(C)C)s1. The summed E-state index contributed by atoms with van der Waals surface area (Å²) in [6.45, 7) is 5.14. The van der Waals surface area contributed by atoms with Crippen molar-refractivity contribution < 1.29 is 19.1 Å². The van der Waals surface area contributed by atoms with Crippen molar-refractivity contribution in [1.29, 1.82) is 0 Å². The number of hydrogen-bond donors (Lipinski definition) is 2. The summed E-state index contributed by atoms with van der Waals surface area (Å²) in [5.74, 6) is -1.08. The first-order valence-electron chi connectivity index (χ1n) is 8.25. The first kappa shape index (κ1) is 19.7. The molecule has 0 radical (unpaired) electrons. The molecule has 0 fully saturated rings. The van der Waals surface area contributed by atoms with Crippen LogP contribution in [0.4, 0.5) is 10.5 Å². The van der Waals surface area contributed by atoms with Crippen LogP contribution in [-0.2, 0) is 9.53 Å². The summed E-state index contributed by atoms with van der Waals surface area (Å²) in [7, 11) is 0. The van der Waals surface area contributed by atoms with Crippen LogP contribution in [0.5, 0.6) is 0 Å². The molecule has 1 atom stereocenters. The molecule has 0 aliphatic heterocycles. The topological polar surface area (TPSA) is 84.5 Å². The number of hydrogen-bond acceptors (Lipinski definition) is 5. The number of aryl methyl sites for hydroxylation is 1. The summed E-state index contributed by atoms with van der Waals surface area (Å²) < 4.78 is 5.12. The number of ketones is 1. The fourth-order valence-electron chi connectivity index (χ4n) is 2.21. The predicted molar refractivity (Wildman–Crippen MR) is 102 cm³/mol. The van der Waals surface area contributed by atoms with E-state index in [0.717, 1.165) is 4.88 Å². The van der Waals surface area contributed by atoms with Crippen LogP contribution >= 0.6 is 11.3 Å². The average Bonchev–Trinajstić information content (AvgIpc) is 3.04. The molecule has 0 unspecified atom stereocenters. The van der Waals surface area contributed by atoms with E-state index in [0.29, 0.717) is 10.6 Å². The molecule has 0 aliphatic rings.